The Balaban J connectivity index is 1.36. The van der Waals surface area contributed by atoms with Crippen LogP contribution in [-0.2, 0) is 19.6 Å². The van der Waals surface area contributed by atoms with Crippen LogP contribution in [0.25, 0.3) is 0 Å². The molecule has 7 nitrogen and oxygen atoms in total. The third-order valence-electron chi connectivity index (χ3n) is 6.11. The summed E-state index contributed by atoms with van der Waals surface area (Å²) in [7, 11) is -3.47. The third kappa shape index (κ3) is 4.64. The first-order chi connectivity index (χ1) is 13.9. The smallest absolute Gasteiger partial charge is 0.243 e. The summed E-state index contributed by atoms with van der Waals surface area (Å²) in [5, 5.41) is 2.89. The molecule has 1 atom stereocenters. The van der Waals surface area contributed by atoms with Crippen LogP contribution < -0.4 is 5.32 Å². The Kier molecular flexibility index (Phi) is 5.92. The highest BCUT2D eigenvalue weighted by Gasteiger charge is 2.36. The van der Waals surface area contributed by atoms with Gasteiger partial charge < -0.3 is 10.2 Å². The minimum Gasteiger partial charge on any atom is -0.342 e. The van der Waals surface area contributed by atoms with Crippen molar-refractivity contribution in [2.24, 2.45) is 11.8 Å². The van der Waals surface area contributed by atoms with Crippen molar-refractivity contribution in [2.45, 2.75) is 49.8 Å². The Morgan fingerprint density at radius 2 is 1.55 bits per heavy atom. The maximum atomic E-state index is 12.7. The third-order valence-corrected chi connectivity index (χ3v) is 8.02. The van der Waals surface area contributed by atoms with Crippen molar-refractivity contribution in [1.82, 2.24) is 9.21 Å². The largest absolute Gasteiger partial charge is 0.342 e. The standard InChI is InChI=1S/C21H29N3O4S/c25-20(17-5-4-12-23(15-17)21(26)16-6-7-16)22-18-8-10-19(11-9-18)29(27,28)24-13-2-1-3-14-24/h8-11,16-17H,1-7,12-15H2,(H,22,25). The molecule has 3 aliphatic rings. The second kappa shape index (κ2) is 8.44. The van der Waals surface area contributed by atoms with Crippen LogP contribution in [0, 0.1) is 11.8 Å². The molecule has 1 aromatic carbocycles. The molecule has 2 aliphatic heterocycles. The number of carbonyl (C=O) groups is 2. The maximum Gasteiger partial charge on any atom is 0.243 e. The minimum absolute atomic E-state index is 0.107. The zero-order valence-electron chi connectivity index (χ0n) is 16.7. The summed E-state index contributed by atoms with van der Waals surface area (Å²) in [5.74, 6) is 0.0362. The van der Waals surface area contributed by atoms with E-state index in [-0.39, 0.29) is 28.5 Å². The molecule has 1 N–H and O–H groups in total. The van der Waals surface area contributed by atoms with Crippen molar-refractivity contribution in [3.8, 4) is 0 Å². The van der Waals surface area contributed by atoms with E-state index in [4.69, 9.17) is 0 Å². The number of benzene rings is 1. The molecule has 29 heavy (non-hydrogen) atoms. The summed E-state index contributed by atoms with van der Waals surface area (Å²) in [6.07, 6.45) is 6.41. The van der Waals surface area contributed by atoms with Gasteiger partial charge in [-0.1, -0.05) is 6.42 Å². The van der Waals surface area contributed by atoms with Gasteiger partial charge in [0.25, 0.3) is 0 Å². The maximum absolute atomic E-state index is 12.7. The average Bonchev–Trinajstić information content (AvgIpc) is 3.60. The van der Waals surface area contributed by atoms with E-state index >= 15 is 0 Å². The molecule has 0 radical (unpaired) electrons. The molecular weight excluding hydrogens is 390 g/mol. The number of carbonyl (C=O) groups excluding carboxylic acids is 2. The van der Waals surface area contributed by atoms with Crippen LogP contribution in [0.1, 0.15) is 44.9 Å². The number of anilines is 1. The zero-order valence-corrected chi connectivity index (χ0v) is 17.5. The first-order valence-corrected chi connectivity index (χ1v) is 12.1. The fraction of sp³-hybridized carbons (Fsp3) is 0.619. The second-order valence-corrected chi connectivity index (χ2v) is 10.3. The van der Waals surface area contributed by atoms with Crippen LogP contribution >= 0.6 is 0 Å². The molecule has 2 amide bonds. The van der Waals surface area contributed by atoms with Crippen LogP contribution in [-0.4, -0.2) is 55.6 Å². The monoisotopic (exact) mass is 419 g/mol. The highest BCUT2D eigenvalue weighted by molar-refractivity contribution is 7.89. The van der Waals surface area contributed by atoms with Crippen molar-refractivity contribution in [2.75, 3.05) is 31.5 Å². The highest BCUT2D eigenvalue weighted by atomic mass is 32.2. The van der Waals surface area contributed by atoms with E-state index in [0.29, 0.717) is 25.3 Å². The van der Waals surface area contributed by atoms with E-state index in [1.807, 2.05) is 4.90 Å². The Hall–Kier alpha value is -1.93. The Bertz CT molecular complexity index is 858. The molecule has 0 spiro atoms. The first-order valence-electron chi connectivity index (χ1n) is 10.6. The molecular formula is C21H29N3O4S. The van der Waals surface area contributed by atoms with Crippen molar-refractivity contribution in [3.05, 3.63) is 24.3 Å². The van der Waals surface area contributed by atoms with Crippen LogP contribution in [0.15, 0.2) is 29.2 Å². The number of hydrogen-bond acceptors (Lipinski definition) is 4. The Morgan fingerprint density at radius 3 is 2.21 bits per heavy atom. The number of amides is 2. The van der Waals surface area contributed by atoms with Crippen molar-refractivity contribution >= 4 is 27.5 Å². The lowest BCUT2D eigenvalue weighted by molar-refractivity contribution is -0.135. The molecule has 8 heteroatoms. The molecule has 1 aliphatic carbocycles. The van der Waals surface area contributed by atoms with Crippen molar-refractivity contribution in [3.63, 3.8) is 0 Å². The van der Waals surface area contributed by atoms with Gasteiger partial charge >= 0.3 is 0 Å². The van der Waals surface area contributed by atoms with Gasteiger partial charge in [-0.15, -0.1) is 0 Å². The lowest BCUT2D eigenvalue weighted by Crippen LogP contribution is -2.44. The summed E-state index contributed by atoms with van der Waals surface area (Å²) >= 11 is 0. The number of nitrogens with zero attached hydrogens (tertiary/aromatic N) is 2. The van der Waals surface area contributed by atoms with E-state index in [1.165, 1.54) is 4.31 Å². The molecule has 1 aromatic rings. The van der Waals surface area contributed by atoms with Gasteiger partial charge in [0.1, 0.15) is 0 Å². The normalized spacial score (nSPS) is 23.6. The van der Waals surface area contributed by atoms with Crippen LogP contribution in [0.3, 0.4) is 0 Å². The van der Waals surface area contributed by atoms with Gasteiger partial charge in [0.05, 0.1) is 10.8 Å². The van der Waals surface area contributed by atoms with Crippen LogP contribution in [0.2, 0.25) is 0 Å². The molecule has 0 bridgehead atoms. The summed E-state index contributed by atoms with van der Waals surface area (Å²) in [4.78, 5) is 27.1. The summed E-state index contributed by atoms with van der Waals surface area (Å²) < 4.78 is 27.0. The lowest BCUT2D eigenvalue weighted by atomic mass is 9.96. The number of nitrogens with one attached hydrogen (secondary N) is 1. The summed E-state index contributed by atoms with van der Waals surface area (Å²) in [5.41, 5.74) is 0.582. The predicted molar refractivity (Wildman–Crippen MR) is 110 cm³/mol. The van der Waals surface area contributed by atoms with E-state index in [9.17, 15) is 18.0 Å². The number of likely N-dealkylation sites (tertiary alicyclic amines) is 1. The van der Waals surface area contributed by atoms with Crippen LogP contribution in [0.5, 0.6) is 0 Å². The van der Waals surface area contributed by atoms with Crippen molar-refractivity contribution in [1.29, 1.82) is 0 Å². The Labute approximate surface area is 172 Å². The Morgan fingerprint density at radius 1 is 0.862 bits per heavy atom. The second-order valence-electron chi connectivity index (χ2n) is 8.38. The molecule has 158 valence electrons. The van der Waals surface area contributed by atoms with Crippen molar-refractivity contribution < 1.29 is 18.0 Å². The highest BCUT2D eigenvalue weighted by Crippen LogP contribution is 2.32. The summed E-state index contributed by atoms with van der Waals surface area (Å²) in [6.45, 7) is 2.35. The van der Waals surface area contributed by atoms with Gasteiger partial charge in [-0.25, -0.2) is 8.42 Å². The predicted octanol–water partition coefficient (Wildman–Crippen LogP) is 2.45. The summed E-state index contributed by atoms with van der Waals surface area (Å²) in [6, 6.07) is 6.40. The van der Waals surface area contributed by atoms with Gasteiger partial charge in [-0.3, -0.25) is 9.59 Å². The zero-order chi connectivity index (χ0) is 20.4. The van der Waals surface area contributed by atoms with Gasteiger partial charge in [0.2, 0.25) is 21.8 Å². The van der Waals surface area contributed by atoms with Gasteiger partial charge in [-0.05, 0) is 62.8 Å². The molecule has 4 rings (SSSR count). The molecule has 1 saturated carbocycles. The number of rotatable bonds is 5. The fourth-order valence-corrected chi connectivity index (χ4v) is 5.71. The quantitative estimate of drug-likeness (QED) is 0.794. The molecule has 1 unspecified atom stereocenters. The molecule has 2 saturated heterocycles. The van der Waals surface area contributed by atoms with Gasteiger partial charge in [-0.2, -0.15) is 4.31 Å². The molecule has 3 fully saturated rings. The number of piperidine rings is 2. The minimum atomic E-state index is -3.47. The van der Waals surface area contributed by atoms with E-state index in [1.54, 1.807) is 24.3 Å². The molecule has 2 heterocycles. The van der Waals surface area contributed by atoms with Crippen LogP contribution in [0.4, 0.5) is 5.69 Å². The number of hydrogen-bond donors (Lipinski definition) is 1. The fourth-order valence-electron chi connectivity index (χ4n) is 4.19. The van der Waals surface area contributed by atoms with E-state index < -0.39 is 10.0 Å². The van der Waals surface area contributed by atoms with Gasteiger partial charge in [0.15, 0.2) is 0 Å². The van der Waals surface area contributed by atoms with E-state index in [0.717, 1.165) is 51.5 Å². The molecule has 0 aromatic heterocycles. The SMILES string of the molecule is O=C(Nc1ccc(S(=O)(=O)N2CCCCC2)cc1)C1CCCN(C(=O)C2CC2)C1. The topological polar surface area (TPSA) is 86.8 Å². The average molecular weight is 420 g/mol. The van der Waals surface area contributed by atoms with E-state index in [2.05, 4.69) is 5.32 Å². The number of sulfonamides is 1. The van der Waals surface area contributed by atoms with Gasteiger partial charge in [0, 0.05) is 37.8 Å². The lowest BCUT2D eigenvalue weighted by Gasteiger charge is -2.32. The first kappa shape index (κ1) is 20.3.